The second-order valence-electron chi connectivity index (χ2n) is 15.3. The molecule has 0 aromatic carbocycles. The van der Waals surface area contributed by atoms with Gasteiger partial charge in [0.05, 0.1) is 26.4 Å². The lowest BCUT2D eigenvalue weighted by Crippen LogP contribution is -2.45. The average molecular weight is 783 g/mol. The van der Waals surface area contributed by atoms with Crippen LogP contribution in [0.15, 0.2) is 24.3 Å². The first-order chi connectivity index (χ1) is 26.6. The number of unbranched alkanes of at least 4 members (excludes halogenated alkanes) is 24. The lowest BCUT2D eigenvalue weighted by atomic mass is 10.1. The minimum absolute atomic E-state index is 0.0517. The summed E-state index contributed by atoms with van der Waals surface area (Å²) in [4.78, 5) is 2.30. The van der Waals surface area contributed by atoms with Crippen LogP contribution in [0.4, 0.5) is 0 Å². The highest BCUT2D eigenvalue weighted by Crippen LogP contribution is 2.14. The molecule has 4 N–H and O–H groups in total. The van der Waals surface area contributed by atoms with E-state index in [2.05, 4.69) is 38.2 Å². The number of aliphatic hydroxyl groups excluding tert-OH is 2. The van der Waals surface area contributed by atoms with Gasteiger partial charge < -0.3 is 30.2 Å². The minimum Gasteiger partial charge on any atom is -0.395 e. The zero-order valence-electron chi connectivity index (χ0n) is 35.7. The van der Waals surface area contributed by atoms with Gasteiger partial charge in [0.25, 0.3) is 0 Å². The highest BCUT2D eigenvalue weighted by molar-refractivity contribution is 7.80. The minimum atomic E-state index is -0.483. The fraction of sp³-hybridized carbons (Fsp3) is 0.891. The van der Waals surface area contributed by atoms with Crippen molar-refractivity contribution in [2.24, 2.45) is 5.73 Å². The maximum absolute atomic E-state index is 9.32. The normalized spacial score (nSPS) is 13.2. The average Bonchev–Trinajstić information content (AvgIpc) is 3.16. The Morgan fingerprint density at radius 2 is 0.889 bits per heavy atom. The molecule has 0 bridgehead atoms. The van der Waals surface area contributed by atoms with Crippen molar-refractivity contribution in [2.45, 2.75) is 206 Å². The molecule has 0 amide bonds. The molecule has 7 nitrogen and oxygen atoms in total. The molecule has 0 fully saturated rings. The highest BCUT2D eigenvalue weighted by Gasteiger charge is 2.26. The van der Waals surface area contributed by atoms with Crippen molar-refractivity contribution in [3.8, 4) is 0 Å². The highest BCUT2D eigenvalue weighted by atomic mass is 32.1. The lowest BCUT2D eigenvalue weighted by Gasteiger charge is -2.27. The van der Waals surface area contributed by atoms with Crippen LogP contribution < -0.4 is 5.73 Å². The van der Waals surface area contributed by atoms with Gasteiger partial charge in [0.2, 0.25) is 0 Å². The van der Waals surface area contributed by atoms with E-state index < -0.39 is 6.10 Å². The Morgan fingerprint density at radius 1 is 0.519 bits per heavy atom. The summed E-state index contributed by atoms with van der Waals surface area (Å²) in [6.45, 7) is 8.34. The number of hydrogen-bond acceptors (Lipinski definition) is 7. The molecule has 0 aliphatic carbocycles. The predicted octanol–water partition coefficient (Wildman–Crippen LogP) is 11.4. The monoisotopic (exact) mass is 783 g/mol. The molecule has 0 aromatic rings. The fourth-order valence-corrected chi connectivity index (χ4v) is 6.97. The Kier molecular flexibility index (Phi) is 44.1. The summed E-state index contributed by atoms with van der Waals surface area (Å²) in [5.74, 6) is 0. The van der Waals surface area contributed by atoms with Crippen LogP contribution in [0.3, 0.4) is 0 Å². The van der Waals surface area contributed by atoms with Crippen molar-refractivity contribution in [1.29, 1.82) is 0 Å². The van der Waals surface area contributed by atoms with Gasteiger partial charge in [0, 0.05) is 32.8 Å². The molecule has 0 saturated carbocycles. The van der Waals surface area contributed by atoms with E-state index in [-0.39, 0.29) is 19.3 Å². The molecule has 320 valence electrons. The van der Waals surface area contributed by atoms with E-state index in [4.69, 9.17) is 32.2 Å². The van der Waals surface area contributed by atoms with Gasteiger partial charge in [-0.25, -0.2) is 0 Å². The van der Waals surface area contributed by atoms with Crippen molar-refractivity contribution in [2.75, 3.05) is 59.3 Å². The van der Waals surface area contributed by atoms with Crippen molar-refractivity contribution < 1.29 is 24.4 Å². The standard InChI is InChI=1S/C46H90N2O5S/c1-3-5-7-9-11-13-15-17-19-21-23-25-27-29-31-33-40-52-44(43-51-42-37-48(35-38-49)36-39-50)45(46(47)54)53-41-34-32-30-28-26-24-22-20-18-16-14-12-10-8-6-4-2/h17-20,44-45,49-50H,3-16,21-43H2,1-2H3,(H2,47,54). The third-order valence-electron chi connectivity index (χ3n) is 10.2. The summed E-state index contributed by atoms with van der Waals surface area (Å²) in [5.41, 5.74) is 6.20. The van der Waals surface area contributed by atoms with Crippen LogP contribution in [0.1, 0.15) is 194 Å². The van der Waals surface area contributed by atoms with Gasteiger partial charge in [-0.2, -0.15) is 0 Å². The zero-order chi connectivity index (χ0) is 39.4. The Bertz CT molecular complexity index is 808. The van der Waals surface area contributed by atoms with E-state index in [0.29, 0.717) is 51.1 Å². The first-order valence-corrected chi connectivity index (χ1v) is 23.4. The summed E-state index contributed by atoms with van der Waals surface area (Å²) in [6.07, 6.45) is 44.4. The molecule has 0 radical (unpaired) electrons. The molecule has 54 heavy (non-hydrogen) atoms. The number of thiocarbonyl (C=S) groups is 1. The third-order valence-corrected chi connectivity index (χ3v) is 10.5. The number of aliphatic hydroxyl groups is 2. The molecule has 0 rings (SSSR count). The zero-order valence-corrected chi connectivity index (χ0v) is 36.5. The van der Waals surface area contributed by atoms with Crippen LogP contribution in [0.5, 0.6) is 0 Å². The van der Waals surface area contributed by atoms with E-state index >= 15 is 0 Å². The Hall–Kier alpha value is -0.870. The lowest BCUT2D eigenvalue weighted by molar-refractivity contribution is -0.0829. The molecule has 0 aromatic heterocycles. The van der Waals surface area contributed by atoms with Gasteiger partial charge in [0.15, 0.2) is 0 Å². The predicted molar refractivity (Wildman–Crippen MR) is 237 cm³/mol. The van der Waals surface area contributed by atoms with Crippen LogP contribution in [-0.4, -0.2) is 91.6 Å². The molecule has 2 atom stereocenters. The van der Waals surface area contributed by atoms with Gasteiger partial charge in [-0.15, -0.1) is 0 Å². The summed E-state index contributed by atoms with van der Waals surface area (Å²) in [7, 11) is 0. The van der Waals surface area contributed by atoms with E-state index in [0.717, 1.165) is 25.7 Å². The number of ether oxygens (including phenoxy) is 3. The molecule has 0 heterocycles. The molecule has 0 aliphatic rings. The Labute approximate surface area is 340 Å². The molecule has 0 saturated heterocycles. The Balaban J connectivity index is 4.37. The summed E-state index contributed by atoms with van der Waals surface area (Å²) >= 11 is 5.46. The van der Waals surface area contributed by atoms with Gasteiger partial charge in [0.1, 0.15) is 17.2 Å². The second-order valence-corrected chi connectivity index (χ2v) is 15.8. The van der Waals surface area contributed by atoms with Crippen molar-refractivity contribution in [1.82, 2.24) is 4.90 Å². The Morgan fingerprint density at radius 3 is 1.28 bits per heavy atom. The first-order valence-electron chi connectivity index (χ1n) is 22.9. The topological polar surface area (TPSA) is 97.4 Å². The van der Waals surface area contributed by atoms with Crippen LogP contribution in [0, 0.1) is 0 Å². The third kappa shape index (κ3) is 38.0. The van der Waals surface area contributed by atoms with Gasteiger partial charge in [-0.05, 0) is 64.2 Å². The number of nitrogens with two attached hydrogens (primary N) is 1. The van der Waals surface area contributed by atoms with E-state index in [1.165, 1.54) is 154 Å². The smallest absolute Gasteiger partial charge is 0.135 e. The second kappa shape index (κ2) is 44.8. The summed E-state index contributed by atoms with van der Waals surface area (Å²) in [5, 5.41) is 18.6. The van der Waals surface area contributed by atoms with Crippen LogP contribution in [-0.2, 0) is 14.2 Å². The number of allylic oxidation sites excluding steroid dienone is 4. The maximum Gasteiger partial charge on any atom is 0.135 e. The van der Waals surface area contributed by atoms with E-state index in [1.807, 2.05) is 4.90 Å². The van der Waals surface area contributed by atoms with E-state index in [9.17, 15) is 10.2 Å². The number of hydrogen-bond donors (Lipinski definition) is 3. The van der Waals surface area contributed by atoms with Crippen LogP contribution in [0.25, 0.3) is 0 Å². The molecule has 0 aliphatic heterocycles. The molecular weight excluding hydrogens is 693 g/mol. The SMILES string of the molecule is CCCCCCCCC=CCCCCCCCCOC(COCCN(CCO)CCO)C(OCCCCCCCCC=CCCCCCCCC)C(N)=S. The van der Waals surface area contributed by atoms with Gasteiger partial charge in [-0.1, -0.05) is 166 Å². The molecule has 8 heteroatoms. The molecule has 0 spiro atoms. The molecular formula is C46H90N2O5S. The summed E-state index contributed by atoms with van der Waals surface area (Å²) in [6, 6.07) is 0. The van der Waals surface area contributed by atoms with Gasteiger partial charge in [-0.3, -0.25) is 4.90 Å². The molecule has 2 unspecified atom stereocenters. The largest absolute Gasteiger partial charge is 0.395 e. The fourth-order valence-electron chi connectivity index (χ4n) is 6.75. The number of nitrogens with zero attached hydrogens (tertiary/aromatic N) is 1. The van der Waals surface area contributed by atoms with Crippen molar-refractivity contribution in [3.63, 3.8) is 0 Å². The van der Waals surface area contributed by atoms with Crippen LogP contribution in [0.2, 0.25) is 0 Å². The first kappa shape index (κ1) is 53.1. The van der Waals surface area contributed by atoms with Crippen molar-refractivity contribution >= 4 is 17.2 Å². The maximum atomic E-state index is 9.32. The summed E-state index contributed by atoms with van der Waals surface area (Å²) < 4.78 is 18.6. The quantitative estimate of drug-likeness (QED) is 0.0319. The number of rotatable bonds is 45. The van der Waals surface area contributed by atoms with Crippen molar-refractivity contribution in [3.05, 3.63) is 24.3 Å². The van der Waals surface area contributed by atoms with Gasteiger partial charge >= 0.3 is 0 Å². The van der Waals surface area contributed by atoms with Crippen LogP contribution >= 0.6 is 12.2 Å². The van der Waals surface area contributed by atoms with E-state index in [1.54, 1.807) is 0 Å².